The van der Waals surface area contributed by atoms with E-state index >= 15 is 0 Å². The van der Waals surface area contributed by atoms with Crippen LogP contribution in [0.5, 0.6) is 0 Å². The fourth-order valence-electron chi connectivity index (χ4n) is 2.15. The molecule has 0 bridgehead atoms. The lowest BCUT2D eigenvalue weighted by atomic mass is 10.1. The van der Waals surface area contributed by atoms with Crippen LogP contribution in [-0.4, -0.2) is 12.0 Å². The van der Waals surface area contributed by atoms with Gasteiger partial charge in [0, 0.05) is 23.3 Å². The third-order valence-corrected chi connectivity index (χ3v) is 2.90. The van der Waals surface area contributed by atoms with Gasteiger partial charge < -0.3 is 9.99 Å². The van der Waals surface area contributed by atoms with Crippen LogP contribution >= 0.6 is 0 Å². The van der Waals surface area contributed by atoms with Gasteiger partial charge in [-0.1, -0.05) is 30.3 Å². The largest absolute Gasteiger partial charge is 0.353 e. The standard InChI is InChI=1S/C13H13N3/c1-16(14)12-8-4-6-10-9-5-2-3-7-11(9)15-13(10)12/h2-8,15H,14H2,1H3. The van der Waals surface area contributed by atoms with Crippen LogP contribution in [-0.2, 0) is 0 Å². The molecule has 0 radical (unpaired) electrons. The van der Waals surface area contributed by atoms with Crippen molar-refractivity contribution in [3.8, 4) is 0 Å². The predicted octanol–water partition coefficient (Wildman–Crippen LogP) is 2.63. The normalized spacial score (nSPS) is 11.1. The maximum atomic E-state index is 5.81. The van der Waals surface area contributed by atoms with Crippen LogP contribution in [0.15, 0.2) is 42.5 Å². The number of nitrogens with one attached hydrogen (secondary N) is 1. The number of para-hydroxylation sites is 2. The van der Waals surface area contributed by atoms with Crippen molar-refractivity contribution in [2.75, 3.05) is 12.1 Å². The first-order chi connectivity index (χ1) is 7.77. The highest BCUT2D eigenvalue weighted by molar-refractivity contribution is 6.11. The van der Waals surface area contributed by atoms with Crippen molar-refractivity contribution in [3.63, 3.8) is 0 Å². The third-order valence-electron chi connectivity index (χ3n) is 2.90. The highest BCUT2D eigenvalue weighted by Crippen LogP contribution is 2.30. The van der Waals surface area contributed by atoms with Crippen LogP contribution in [0.2, 0.25) is 0 Å². The number of rotatable bonds is 1. The van der Waals surface area contributed by atoms with Crippen LogP contribution in [0, 0.1) is 0 Å². The Kier molecular flexibility index (Phi) is 1.88. The molecule has 0 aliphatic rings. The molecule has 0 spiro atoms. The minimum absolute atomic E-state index is 1.01. The first kappa shape index (κ1) is 9.24. The van der Waals surface area contributed by atoms with Crippen LogP contribution < -0.4 is 10.9 Å². The number of hydrogen-bond donors (Lipinski definition) is 2. The molecule has 0 aliphatic carbocycles. The van der Waals surface area contributed by atoms with Crippen molar-refractivity contribution >= 4 is 27.5 Å². The molecule has 0 fully saturated rings. The molecule has 0 saturated heterocycles. The number of anilines is 1. The molecule has 1 aromatic heterocycles. The van der Waals surface area contributed by atoms with Crippen molar-refractivity contribution < 1.29 is 0 Å². The third kappa shape index (κ3) is 1.19. The van der Waals surface area contributed by atoms with Crippen molar-refractivity contribution in [3.05, 3.63) is 42.5 Å². The van der Waals surface area contributed by atoms with Gasteiger partial charge in [0.05, 0.1) is 11.2 Å². The van der Waals surface area contributed by atoms with Crippen molar-refractivity contribution in [1.82, 2.24) is 4.98 Å². The Morgan fingerprint density at radius 1 is 1.00 bits per heavy atom. The Morgan fingerprint density at radius 2 is 1.75 bits per heavy atom. The summed E-state index contributed by atoms with van der Waals surface area (Å²) in [6.07, 6.45) is 0. The summed E-state index contributed by atoms with van der Waals surface area (Å²) in [4.78, 5) is 3.41. The quantitative estimate of drug-likeness (QED) is 0.480. The maximum absolute atomic E-state index is 5.81. The second kappa shape index (κ2) is 3.25. The van der Waals surface area contributed by atoms with E-state index in [4.69, 9.17) is 5.84 Å². The molecule has 3 aromatic rings. The summed E-state index contributed by atoms with van der Waals surface area (Å²) in [6.45, 7) is 0. The number of aromatic amines is 1. The molecule has 16 heavy (non-hydrogen) atoms. The summed E-state index contributed by atoms with van der Waals surface area (Å²) in [5.74, 6) is 5.81. The van der Waals surface area contributed by atoms with Gasteiger partial charge in [-0.05, 0) is 12.1 Å². The van der Waals surface area contributed by atoms with Gasteiger partial charge in [0.25, 0.3) is 0 Å². The van der Waals surface area contributed by atoms with E-state index in [1.807, 2.05) is 25.2 Å². The number of H-pyrrole nitrogens is 1. The lowest BCUT2D eigenvalue weighted by Crippen LogP contribution is -2.25. The number of hydrogen-bond acceptors (Lipinski definition) is 2. The Labute approximate surface area is 93.4 Å². The van der Waals surface area contributed by atoms with E-state index in [-0.39, 0.29) is 0 Å². The van der Waals surface area contributed by atoms with Gasteiger partial charge in [-0.3, -0.25) is 0 Å². The molecule has 0 atom stereocenters. The molecule has 3 heteroatoms. The molecular formula is C13H13N3. The summed E-state index contributed by atoms with van der Waals surface area (Å²) < 4.78 is 0. The average Bonchev–Trinajstić information content (AvgIpc) is 2.67. The molecule has 3 nitrogen and oxygen atoms in total. The van der Waals surface area contributed by atoms with E-state index in [0.29, 0.717) is 0 Å². The maximum Gasteiger partial charge on any atom is 0.0755 e. The van der Waals surface area contributed by atoms with Crippen LogP contribution in [0.25, 0.3) is 21.8 Å². The molecule has 0 saturated carbocycles. The number of benzene rings is 2. The number of aromatic nitrogens is 1. The Balaban J connectivity index is 2.49. The van der Waals surface area contributed by atoms with E-state index in [2.05, 4.69) is 29.2 Å². The summed E-state index contributed by atoms with van der Waals surface area (Å²) in [6, 6.07) is 14.4. The first-order valence-electron chi connectivity index (χ1n) is 5.25. The fourth-order valence-corrected chi connectivity index (χ4v) is 2.15. The Morgan fingerprint density at radius 3 is 2.56 bits per heavy atom. The predicted molar refractivity (Wildman–Crippen MR) is 68.4 cm³/mol. The second-order valence-corrected chi connectivity index (χ2v) is 3.98. The number of nitrogens with two attached hydrogens (primary N) is 1. The van der Waals surface area contributed by atoms with E-state index in [0.717, 1.165) is 16.7 Å². The Hall–Kier alpha value is -2.00. The zero-order valence-electron chi connectivity index (χ0n) is 9.07. The van der Waals surface area contributed by atoms with Crippen molar-refractivity contribution in [1.29, 1.82) is 0 Å². The zero-order chi connectivity index (χ0) is 11.1. The average molecular weight is 211 g/mol. The molecule has 1 heterocycles. The number of hydrazine groups is 1. The highest BCUT2D eigenvalue weighted by atomic mass is 15.4. The minimum atomic E-state index is 1.01. The van der Waals surface area contributed by atoms with Crippen molar-refractivity contribution in [2.24, 2.45) is 5.84 Å². The molecule has 0 amide bonds. The van der Waals surface area contributed by atoms with Crippen LogP contribution in [0.4, 0.5) is 5.69 Å². The molecule has 80 valence electrons. The SMILES string of the molecule is CN(N)c1cccc2c1[nH]c1ccccc12. The van der Waals surface area contributed by atoms with Gasteiger partial charge in [-0.25, -0.2) is 5.84 Å². The van der Waals surface area contributed by atoms with E-state index < -0.39 is 0 Å². The fraction of sp³-hybridized carbons (Fsp3) is 0.0769. The lowest BCUT2D eigenvalue weighted by Gasteiger charge is -2.12. The smallest absolute Gasteiger partial charge is 0.0755 e. The summed E-state index contributed by atoms with van der Waals surface area (Å²) in [5, 5.41) is 4.09. The summed E-state index contributed by atoms with van der Waals surface area (Å²) >= 11 is 0. The van der Waals surface area contributed by atoms with E-state index in [1.165, 1.54) is 10.8 Å². The second-order valence-electron chi connectivity index (χ2n) is 3.98. The molecule has 3 rings (SSSR count). The van der Waals surface area contributed by atoms with E-state index in [9.17, 15) is 0 Å². The monoisotopic (exact) mass is 211 g/mol. The van der Waals surface area contributed by atoms with Crippen molar-refractivity contribution in [2.45, 2.75) is 0 Å². The van der Waals surface area contributed by atoms with Gasteiger partial charge >= 0.3 is 0 Å². The van der Waals surface area contributed by atoms with Gasteiger partial charge in [0.15, 0.2) is 0 Å². The Bertz CT molecular complexity index is 652. The van der Waals surface area contributed by atoms with Gasteiger partial charge in [0.1, 0.15) is 0 Å². The van der Waals surface area contributed by atoms with Crippen LogP contribution in [0.1, 0.15) is 0 Å². The molecule has 2 aromatic carbocycles. The summed E-state index contributed by atoms with van der Waals surface area (Å²) in [7, 11) is 1.85. The van der Waals surface area contributed by atoms with Gasteiger partial charge in [-0.2, -0.15) is 0 Å². The topological polar surface area (TPSA) is 45.0 Å². The lowest BCUT2D eigenvalue weighted by molar-refractivity contribution is 1.02. The highest BCUT2D eigenvalue weighted by Gasteiger charge is 2.08. The number of fused-ring (bicyclic) bond motifs is 3. The zero-order valence-corrected chi connectivity index (χ0v) is 9.07. The van der Waals surface area contributed by atoms with E-state index in [1.54, 1.807) is 5.01 Å². The van der Waals surface area contributed by atoms with Gasteiger partial charge in [-0.15, -0.1) is 0 Å². The van der Waals surface area contributed by atoms with Crippen LogP contribution in [0.3, 0.4) is 0 Å². The first-order valence-corrected chi connectivity index (χ1v) is 5.25. The molecule has 0 aliphatic heterocycles. The minimum Gasteiger partial charge on any atom is -0.353 e. The molecular weight excluding hydrogens is 198 g/mol. The molecule has 3 N–H and O–H groups in total. The van der Waals surface area contributed by atoms with Gasteiger partial charge in [0.2, 0.25) is 0 Å². The summed E-state index contributed by atoms with van der Waals surface area (Å²) in [5.41, 5.74) is 3.24. The number of nitrogens with zero attached hydrogens (tertiary/aromatic N) is 1. The molecule has 0 unspecified atom stereocenters.